The van der Waals surface area contributed by atoms with Crippen molar-refractivity contribution in [2.24, 2.45) is 0 Å². The van der Waals surface area contributed by atoms with Gasteiger partial charge >= 0.3 is 0 Å². The molecule has 1 saturated heterocycles. The molecule has 1 aromatic carbocycles. The van der Waals surface area contributed by atoms with Gasteiger partial charge in [0.15, 0.2) is 0 Å². The molecule has 1 aliphatic heterocycles. The number of likely N-dealkylation sites (tertiary alicyclic amines) is 1. The molecule has 1 amide bonds. The Bertz CT molecular complexity index is 717. The van der Waals surface area contributed by atoms with E-state index in [1.807, 2.05) is 38.1 Å². The first-order valence-electron chi connectivity index (χ1n) is 8.50. The molecular weight excluding hydrogens is 324 g/mol. The number of amides is 1. The fourth-order valence-corrected chi connectivity index (χ4v) is 3.33. The Morgan fingerprint density at radius 1 is 1.25 bits per heavy atom. The van der Waals surface area contributed by atoms with Gasteiger partial charge in [-0.1, -0.05) is 11.6 Å². The highest BCUT2D eigenvalue weighted by Crippen LogP contribution is 2.22. The number of hydrogen-bond acceptors (Lipinski definition) is 2. The monoisotopic (exact) mass is 347 g/mol. The second-order valence-corrected chi connectivity index (χ2v) is 6.78. The van der Waals surface area contributed by atoms with Crippen LogP contribution in [0.4, 0.5) is 0 Å². The van der Waals surface area contributed by atoms with Crippen LogP contribution in [-0.2, 0) is 0 Å². The first kappa shape index (κ1) is 17.0. The summed E-state index contributed by atoms with van der Waals surface area (Å²) in [6.45, 7) is 8.02. The molecule has 0 aliphatic carbocycles. The molecule has 2 N–H and O–H groups in total. The number of benzene rings is 1. The zero-order valence-corrected chi connectivity index (χ0v) is 15.0. The molecule has 5 nitrogen and oxygen atoms in total. The van der Waals surface area contributed by atoms with Crippen molar-refractivity contribution < 1.29 is 9.69 Å². The molecular formula is C18H24ClN4O+. The SMILES string of the molecule is Cc1nn(-c2ccc(C(=O)NCC[NH+]3CCCC3)cc2)c(C)c1Cl. The van der Waals surface area contributed by atoms with Crippen LogP contribution in [0.5, 0.6) is 0 Å². The Labute approximate surface area is 147 Å². The first-order valence-corrected chi connectivity index (χ1v) is 8.88. The highest BCUT2D eigenvalue weighted by atomic mass is 35.5. The van der Waals surface area contributed by atoms with E-state index in [1.165, 1.54) is 25.9 Å². The molecule has 2 heterocycles. The molecule has 0 spiro atoms. The van der Waals surface area contributed by atoms with Crippen molar-refractivity contribution in [1.82, 2.24) is 15.1 Å². The Morgan fingerprint density at radius 3 is 2.50 bits per heavy atom. The minimum atomic E-state index is -0.0217. The number of hydrogen-bond donors (Lipinski definition) is 2. The van der Waals surface area contributed by atoms with E-state index in [0.717, 1.165) is 30.2 Å². The molecule has 2 aromatic rings. The largest absolute Gasteiger partial charge is 0.346 e. The minimum absolute atomic E-state index is 0.0217. The van der Waals surface area contributed by atoms with Crippen molar-refractivity contribution in [2.75, 3.05) is 26.2 Å². The van der Waals surface area contributed by atoms with Gasteiger partial charge in [-0.2, -0.15) is 5.10 Å². The van der Waals surface area contributed by atoms with E-state index in [1.54, 1.807) is 9.58 Å². The van der Waals surface area contributed by atoms with E-state index >= 15 is 0 Å². The van der Waals surface area contributed by atoms with Crippen LogP contribution in [0.3, 0.4) is 0 Å². The van der Waals surface area contributed by atoms with E-state index in [0.29, 0.717) is 10.6 Å². The lowest BCUT2D eigenvalue weighted by Gasteiger charge is -2.12. The van der Waals surface area contributed by atoms with Crippen LogP contribution < -0.4 is 10.2 Å². The van der Waals surface area contributed by atoms with Crippen LogP contribution in [0, 0.1) is 13.8 Å². The number of nitrogens with zero attached hydrogens (tertiary/aromatic N) is 2. The van der Waals surface area contributed by atoms with Gasteiger partial charge in [-0.05, 0) is 38.1 Å². The normalized spacial score (nSPS) is 15.0. The van der Waals surface area contributed by atoms with Gasteiger partial charge in [-0.3, -0.25) is 4.79 Å². The van der Waals surface area contributed by atoms with Gasteiger partial charge in [0.1, 0.15) is 0 Å². The maximum absolute atomic E-state index is 12.2. The first-order chi connectivity index (χ1) is 11.6. The lowest BCUT2D eigenvalue weighted by atomic mass is 10.2. The van der Waals surface area contributed by atoms with Gasteiger partial charge in [-0.15, -0.1) is 0 Å². The van der Waals surface area contributed by atoms with E-state index < -0.39 is 0 Å². The van der Waals surface area contributed by atoms with E-state index in [-0.39, 0.29) is 5.91 Å². The Kier molecular flexibility index (Phi) is 5.21. The number of carbonyl (C=O) groups is 1. The molecule has 0 saturated carbocycles. The van der Waals surface area contributed by atoms with E-state index in [4.69, 9.17) is 11.6 Å². The van der Waals surface area contributed by atoms with Crippen LogP contribution in [-0.4, -0.2) is 41.9 Å². The fourth-order valence-electron chi connectivity index (χ4n) is 3.21. The zero-order chi connectivity index (χ0) is 17.1. The number of carbonyl (C=O) groups excluding carboxylic acids is 1. The van der Waals surface area contributed by atoms with Crippen LogP contribution in [0.25, 0.3) is 5.69 Å². The summed E-state index contributed by atoms with van der Waals surface area (Å²) in [5, 5.41) is 8.12. The van der Waals surface area contributed by atoms with Crippen molar-refractivity contribution in [3.05, 3.63) is 46.2 Å². The fraction of sp³-hybridized carbons (Fsp3) is 0.444. The number of quaternary nitrogens is 1. The van der Waals surface area contributed by atoms with Gasteiger partial charge in [0.25, 0.3) is 5.91 Å². The number of aromatic nitrogens is 2. The molecule has 0 unspecified atom stereocenters. The van der Waals surface area contributed by atoms with Gasteiger partial charge in [-0.25, -0.2) is 4.68 Å². The van der Waals surface area contributed by atoms with Crippen LogP contribution in [0.2, 0.25) is 5.02 Å². The minimum Gasteiger partial charge on any atom is -0.346 e. The quantitative estimate of drug-likeness (QED) is 0.862. The van der Waals surface area contributed by atoms with Crippen molar-refractivity contribution >= 4 is 17.5 Å². The number of halogens is 1. The van der Waals surface area contributed by atoms with Gasteiger partial charge in [0.2, 0.25) is 0 Å². The second kappa shape index (κ2) is 7.36. The Morgan fingerprint density at radius 2 is 1.92 bits per heavy atom. The van der Waals surface area contributed by atoms with Crippen molar-refractivity contribution in [3.8, 4) is 5.69 Å². The summed E-state index contributed by atoms with van der Waals surface area (Å²) in [7, 11) is 0. The topological polar surface area (TPSA) is 51.4 Å². The third kappa shape index (κ3) is 3.62. The standard InChI is InChI=1S/C18H23ClN4O/c1-13-17(19)14(2)23(21-13)16-7-5-15(6-8-16)18(24)20-9-12-22-10-3-4-11-22/h5-8H,3-4,9-12H2,1-2H3,(H,20,24)/p+1. The molecule has 3 rings (SSSR count). The molecule has 6 heteroatoms. The predicted molar refractivity (Wildman–Crippen MR) is 95.2 cm³/mol. The lowest BCUT2D eigenvalue weighted by molar-refractivity contribution is -0.886. The van der Waals surface area contributed by atoms with Gasteiger partial charge in [0, 0.05) is 18.4 Å². The third-order valence-electron chi connectivity index (χ3n) is 4.65. The summed E-state index contributed by atoms with van der Waals surface area (Å²) >= 11 is 6.19. The molecule has 0 radical (unpaired) electrons. The molecule has 0 bridgehead atoms. The summed E-state index contributed by atoms with van der Waals surface area (Å²) in [5.41, 5.74) is 3.28. The van der Waals surface area contributed by atoms with E-state index in [2.05, 4.69) is 10.4 Å². The van der Waals surface area contributed by atoms with Crippen LogP contribution in [0.15, 0.2) is 24.3 Å². The third-order valence-corrected chi connectivity index (χ3v) is 5.20. The second-order valence-electron chi connectivity index (χ2n) is 6.41. The molecule has 0 atom stereocenters. The maximum Gasteiger partial charge on any atom is 0.251 e. The van der Waals surface area contributed by atoms with Gasteiger partial charge < -0.3 is 10.2 Å². The summed E-state index contributed by atoms with van der Waals surface area (Å²) in [5.74, 6) is -0.0217. The Hall–Kier alpha value is -1.85. The number of nitrogens with one attached hydrogen (secondary N) is 2. The predicted octanol–water partition coefficient (Wildman–Crippen LogP) is 1.55. The molecule has 1 aliphatic rings. The smallest absolute Gasteiger partial charge is 0.251 e. The van der Waals surface area contributed by atoms with Crippen LogP contribution >= 0.6 is 11.6 Å². The molecule has 24 heavy (non-hydrogen) atoms. The van der Waals surface area contributed by atoms with E-state index in [9.17, 15) is 4.79 Å². The average molecular weight is 348 g/mol. The van der Waals surface area contributed by atoms with Gasteiger partial charge in [0.05, 0.1) is 48.3 Å². The summed E-state index contributed by atoms with van der Waals surface area (Å²) in [6, 6.07) is 7.46. The highest BCUT2D eigenvalue weighted by Gasteiger charge is 2.15. The highest BCUT2D eigenvalue weighted by molar-refractivity contribution is 6.31. The molecule has 1 aromatic heterocycles. The van der Waals surface area contributed by atoms with Crippen molar-refractivity contribution in [3.63, 3.8) is 0 Å². The summed E-state index contributed by atoms with van der Waals surface area (Å²) in [4.78, 5) is 13.8. The zero-order valence-electron chi connectivity index (χ0n) is 14.2. The average Bonchev–Trinajstić information content (AvgIpc) is 3.19. The van der Waals surface area contributed by atoms with Crippen LogP contribution in [0.1, 0.15) is 34.6 Å². The number of aryl methyl sites for hydroxylation is 1. The summed E-state index contributed by atoms with van der Waals surface area (Å²) < 4.78 is 1.80. The number of rotatable bonds is 5. The molecule has 128 valence electrons. The lowest BCUT2D eigenvalue weighted by Crippen LogP contribution is -3.10. The van der Waals surface area contributed by atoms with Crippen molar-refractivity contribution in [1.29, 1.82) is 0 Å². The molecule has 1 fully saturated rings. The Balaban J connectivity index is 1.61. The summed E-state index contributed by atoms with van der Waals surface area (Å²) in [6.07, 6.45) is 2.61. The maximum atomic E-state index is 12.2. The van der Waals surface area contributed by atoms with Crippen molar-refractivity contribution in [2.45, 2.75) is 26.7 Å².